The van der Waals surface area contributed by atoms with E-state index in [2.05, 4.69) is 5.32 Å². The van der Waals surface area contributed by atoms with Gasteiger partial charge in [-0.25, -0.2) is 4.79 Å². The molecule has 1 N–H and O–H groups in total. The van der Waals surface area contributed by atoms with Crippen LogP contribution in [0.3, 0.4) is 0 Å². The summed E-state index contributed by atoms with van der Waals surface area (Å²) in [6.07, 6.45) is 0. The van der Waals surface area contributed by atoms with Crippen LogP contribution in [0, 0.1) is 10.1 Å². The minimum Gasteiger partial charge on any atom is -0.455 e. The lowest BCUT2D eigenvalue weighted by Crippen LogP contribution is -2.41. The fourth-order valence-corrected chi connectivity index (χ4v) is 3.13. The second-order valence-corrected chi connectivity index (χ2v) is 6.70. The molecule has 9 heteroatoms. The van der Waals surface area contributed by atoms with Gasteiger partial charge in [-0.05, 0) is 30.3 Å². The number of rotatable bonds is 6. The largest absolute Gasteiger partial charge is 0.455 e. The van der Waals surface area contributed by atoms with Crippen molar-refractivity contribution in [3.05, 3.63) is 82.9 Å². The lowest BCUT2D eigenvalue weighted by Gasteiger charge is -2.29. The average molecular weight is 419 g/mol. The molecular weight excluding hydrogens is 402 g/mol. The first kappa shape index (κ1) is 19.9. The molecule has 0 spiro atoms. The number of nitrogens with one attached hydrogen (secondary N) is 1. The van der Waals surface area contributed by atoms with E-state index in [4.69, 9.17) is 9.47 Å². The van der Waals surface area contributed by atoms with Gasteiger partial charge in [0.15, 0.2) is 11.5 Å². The predicted octanol–water partition coefficient (Wildman–Crippen LogP) is 3.75. The summed E-state index contributed by atoms with van der Waals surface area (Å²) < 4.78 is 10.9. The van der Waals surface area contributed by atoms with E-state index in [0.717, 1.165) is 0 Å². The number of para-hydroxylation sites is 3. The predicted molar refractivity (Wildman–Crippen MR) is 113 cm³/mol. The highest BCUT2D eigenvalue weighted by Crippen LogP contribution is 2.35. The van der Waals surface area contributed by atoms with E-state index in [1.807, 2.05) is 18.2 Å². The lowest BCUT2D eigenvalue weighted by molar-refractivity contribution is -0.384. The van der Waals surface area contributed by atoms with Crippen molar-refractivity contribution in [2.45, 2.75) is 0 Å². The molecule has 0 radical (unpaired) electrons. The molecule has 0 saturated heterocycles. The SMILES string of the molecule is O=C(CN1CC(=O)Oc2cc([N+](=O)[O-])ccc21)Nc1ccccc1Oc1ccccc1. The number of carbonyl (C=O) groups excluding carboxylic acids is 2. The van der Waals surface area contributed by atoms with Crippen LogP contribution in [0.2, 0.25) is 0 Å². The molecule has 0 atom stereocenters. The Balaban J connectivity index is 1.50. The molecule has 0 saturated carbocycles. The van der Waals surface area contributed by atoms with Gasteiger partial charge in [-0.1, -0.05) is 30.3 Å². The number of nitro groups is 1. The maximum Gasteiger partial charge on any atom is 0.331 e. The molecule has 1 aliphatic rings. The molecule has 31 heavy (non-hydrogen) atoms. The Labute approximate surface area is 177 Å². The van der Waals surface area contributed by atoms with Crippen LogP contribution in [0.25, 0.3) is 0 Å². The van der Waals surface area contributed by atoms with Crippen molar-refractivity contribution < 1.29 is 24.0 Å². The number of anilines is 2. The second-order valence-electron chi connectivity index (χ2n) is 6.70. The van der Waals surface area contributed by atoms with E-state index in [1.54, 1.807) is 36.4 Å². The summed E-state index contributed by atoms with van der Waals surface area (Å²) in [7, 11) is 0. The minimum absolute atomic E-state index is 0.0473. The van der Waals surface area contributed by atoms with E-state index in [-0.39, 0.29) is 30.4 Å². The van der Waals surface area contributed by atoms with Crippen LogP contribution in [-0.2, 0) is 9.59 Å². The molecule has 156 valence electrons. The molecule has 1 aliphatic heterocycles. The van der Waals surface area contributed by atoms with Crippen LogP contribution in [0.1, 0.15) is 0 Å². The van der Waals surface area contributed by atoms with Crippen LogP contribution >= 0.6 is 0 Å². The van der Waals surface area contributed by atoms with Crippen molar-refractivity contribution >= 4 is 28.9 Å². The van der Waals surface area contributed by atoms with Gasteiger partial charge in [0.1, 0.15) is 12.3 Å². The Morgan fingerprint density at radius 3 is 2.61 bits per heavy atom. The molecule has 3 aromatic carbocycles. The third kappa shape index (κ3) is 4.61. The third-order valence-electron chi connectivity index (χ3n) is 4.51. The smallest absolute Gasteiger partial charge is 0.331 e. The molecule has 0 unspecified atom stereocenters. The molecular formula is C22H17N3O6. The zero-order valence-electron chi connectivity index (χ0n) is 16.2. The number of nitrogens with zero attached hydrogens (tertiary/aromatic N) is 2. The van der Waals surface area contributed by atoms with Gasteiger partial charge >= 0.3 is 5.97 Å². The van der Waals surface area contributed by atoms with Crippen molar-refractivity contribution in [1.29, 1.82) is 0 Å². The Bertz CT molecular complexity index is 1150. The summed E-state index contributed by atoms with van der Waals surface area (Å²) in [5.74, 6) is 0.150. The van der Waals surface area contributed by atoms with Gasteiger partial charge < -0.3 is 19.7 Å². The summed E-state index contributed by atoms with van der Waals surface area (Å²) in [5.41, 5.74) is 0.693. The number of carbonyl (C=O) groups is 2. The number of non-ortho nitro benzene ring substituents is 1. The van der Waals surface area contributed by atoms with E-state index < -0.39 is 10.9 Å². The number of benzene rings is 3. The van der Waals surface area contributed by atoms with Crippen LogP contribution in [0.5, 0.6) is 17.2 Å². The first-order valence-electron chi connectivity index (χ1n) is 9.35. The standard InChI is InChI=1S/C22H17N3O6/c26-21(23-17-8-4-5-9-19(17)30-16-6-2-1-3-7-16)13-24-14-22(27)31-20-12-15(25(28)29)10-11-18(20)24/h1-12H,13-14H2,(H,23,26). The van der Waals surface area contributed by atoms with Crippen molar-refractivity contribution in [2.24, 2.45) is 0 Å². The Hall–Kier alpha value is -4.40. The topological polar surface area (TPSA) is 111 Å². The number of hydrogen-bond donors (Lipinski definition) is 1. The number of esters is 1. The zero-order valence-corrected chi connectivity index (χ0v) is 16.2. The van der Waals surface area contributed by atoms with Crippen molar-refractivity contribution in [1.82, 2.24) is 0 Å². The fraction of sp³-hybridized carbons (Fsp3) is 0.0909. The quantitative estimate of drug-likeness (QED) is 0.280. The summed E-state index contributed by atoms with van der Waals surface area (Å²) in [5, 5.41) is 13.8. The Kier molecular flexibility index (Phi) is 5.48. The zero-order chi connectivity index (χ0) is 21.8. The molecule has 0 bridgehead atoms. The highest BCUT2D eigenvalue weighted by Gasteiger charge is 2.27. The molecule has 0 fully saturated rings. The van der Waals surface area contributed by atoms with Crippen LogP contribution < -0.4 is 19.7 Å². The number of hydrogen-bond acceptors (Lipinski definition) is 7. The normalized spacial score (nSPS) is 12.5. The van der Waals surface area contributed by atoms with E-state index in [0.29, 0.717) is 22.9 Å². The van der Waals surface area contributed by atoms with Crippen LogP contribution in [0.4, 0.5) is 17.1 Å². The molecule has 0 aromatic heterocycles. The van der Waals surface area contributed by atoms with Crippen LogP contribution in [0.15, 0.2) is 72.8 Å². The third-order valence-corrected chi connectivity index (χ3v) is 4.51. The molecule has 0 aliphatic carbocycles. The van der Waals surface area contributed by atoms with Crippen molar-refractivity contribution in [3.63, 3.8) is 0 Å². The van der Waals surface area contributed by atoms with E-state index in [1.165, 1.54) is 23.1 Å². The van der Waals surface area contributed by atoms with Crippen LogP contribution in [-0.4, -0.2) is 29.9 Å². The lowest BCUT2D eigenvalue weighted by atomic mass is 10.2. The summed E-state index contributed by atoms with van der Waals surface area (Å²) in [4.78, 5) is 36.5. The Morgan fingerprint density at radius 1 is 1.10 bits per heavy atom. The average Bonchev–Trinajstić information content (AvgIpc) is 2.75. The number of fused-ring (bicyclic) bond motifs is 1. The van der Waals surface area contributed by atoms with Gasteiger partial charge in [-0.2, -0.15) is 0 Å². The number of nitro benzene ring substituents is 1. The second kappa shape index (κ2) is 8.54. The monoisotopic (exact) mass is 419 g/mol. The summed E-state index contributed by atoms with van der Waals surface area (Å²) >= 11 is 0. The molecule has 3 aromatic rings. The van der Waals surface area contributed by atoms with Gasteiger partial charge in [0.25, 0.3) is 5.69 Å². The van der Waals surface area contributed by atoms with Gasteiger partial charge in [0.05, 0.1) is 28.9 Å². The van der Waals surface area contributed by atoms with Gasteiger partial charge in [0.2, 0.25) is 5.91 Å². The first-order chi connectivity index (χ1) is 15.0. The molecule has 1 amide bonds. The van der Waals surface area contributed by atoms with Gasteiger partial charge in [0, 0.05) is 6.07 Å². The Morgan fingerprint density at radius 2 is 1.84 bits per heavy atom. The maximum atomic E-state index is 12.7. The van der Waals surface area contributed by atoms with Crippen molar-refractivity contribution in [2.75, 3.05) is 23.3 Å². The number of ether oxygens (including phenoxy) is 2. The maximum absolute atomic E-state index is 12.7. The summed E-state index contributed by atoms with van der Waals surface area (Å²) in [6.45, 7) is -0.306. The van der Waals surface area contributed by atoms with Gasteiger partial charge in [-0.3, -0.25) is 14.9 Å². The minimum atomic E-state index is -0.603. The molecule has 4 rings (SSSR count). The highest BCUT2D eigenvalue weighted by atomic mass is 16.6. The molecule has 1 heterocycles. The fourth-order valence-electron chi connectivity index (χ4n) is 3.13. The van der Waals surface area contributed by atoms with E-state index in [9.17, 15) is 19.7 Å². The number of amides is 1. The highest BCUT2D eigenvalue weighted by molar-refractivity contribution is 5.97. The van der Waals surface area contributed by atoms with Crippen molar-refractivity contribution in [3.8, 4) is 17.2 Å². The van der Waals surface area contributed by atoms with E-state index >= 15 is 0 Å². The van der Waals surface area contributed by atoms with Gasteiger partial charge in [-0.15, -0.1) is 0 Å². The molecule has 9 nitrogen and oxygen atoms in total. The first-order valence-corrected chi connectivity index (χ1v) is 9.35. The summed E-state index contributed by atoms with van der Waals surface area (Å²) in [6, 6.07) is 20.1.